The van der Waals surface area contributed by atoms with Crippen molar-refractivity contribution in [1.82, 2.24) is 5.32 Å². The first kappa shape index (κ1) is 11.5. The van der Waals surface area contributed by atoms with Crippen LogP contribution in [0.1, 0.15) is 45.4 Å². The molecule has 0 radical (unpaired) electrons. The molecule has 0 aromatic carbocycles. The lowest BCUT2D eigenvalue weighted by Gasteiger charge is -2.16. The Kier molecular flexibility index (Phi) is 4.94. The molecule has 14 heavy (non-hydrogen) atoms. The largest absolute Gasteiger partial charge is 0.353 e. The Morgan fingerprint density at radius 2 is 2.14 bits per heavy atom. The molecule has 0 aromatic rings. The molecule has 0 aromatic heterocycles. The standard InChI is InChI=1S/C11H22N2O/c1-9(5-4-8-12)13-11(14)10-6-2-3-7-10/h9-10H,2-8,12H2,1H3,(H,13,14). The molecule has 1 amide bonds. The molecular formula is C11H22N2O. The van der Waals surface area contributed by atoms with Crippen LogP contribution in [0.2, 0.25) is 0 Å². The molecule has 1 fully saturated rings. The van der Waals surface area contributed by atoms with Crippen LogP contribution in [-0.2, 0) is 4.79 Å². The highest BCUT2D eigenvalue weighted by Crippen LogP contribution is 2.24. The summed E-state index contributed by atoms with van der Waals surface area (Å²) in [7, 11) is 0. The number of rotatable bonds is 5. The predicted molar refractivity (Wildman–Crippen MR) is 57.9 cm³/mol. The lowest BCUT2D eigenvalue weighted by atomic mass is 10.1. The third kappa shape index (κ3) is 3.66. The summed E-state index contributed by atoms with van der Waals surface area (Å²) < 4.78 is 0. The molecule has 0 saturated heterocycles. The Labute approximate surface area is 86.4 Å². The van der Waals surface area contributed by atoms with Crippen LogP contribution in [0, 0.1) is 5.92 Å². The van der Waals surface area contributed by atoms with Gasteiger partial charge in [0.25, 0.3) is 0 Å². The number of nitrogens with two attached hydrogens (primary N) is 1. The minimum atomic E-state index is 0.257. The van der Waals surface area contributed by atoms with Gasteiger partial charge in [-0.05, 0) is 39.2 Å². The maximum Gasteiger partial charge on any atom is 0.223 e. The lowest BCUT2D eigenvalue weighted by Crippen LogP contribution is -2.36. The number of hydrogen-bond donors (Lipinski definition) is 2. The number of carbonyl (C=O) groups is 1. The van der Waals surface area contributed by atoms with Gasteiger partial charge in [0, 0.05) is 12.0 Å². The highest BCUT2D eigenvalue weighted by atomic mass is 16.1. The minimum Gasteiger partial charge on any atom is -0.353 e. The van der Waals surface area contributed by atoms with Gasteiger partial charge in [0.2, 0.25) is 5.91 Å². The van der Waals surface area contributed by atoms with Crippen molar-refractivity contribution in [2.24, 2.45) is 11.7 Å². The Bertz CT molecular complexity index is 176. The average Bonchev–Trinajstić information content (AvgIpc) is 2.67. The normalized spacial score (nSPS) is 19.6. The molecule has 0 aliphatic heterocycles. The fourth-order valence-corrected chi connectivity index (χ4v) is 2.04. The number of amides is 1. The van der Waals surface area contributed by atoms with E-state index in [0.717, 1.165) is 25.7 Å². The van der Waals surface area contributed by atoms with Crippen molar-refractivity contribution in [2.75, 3.05) is 6.54 Å². The van der Waals surface area contributed by atoms with E-state index >= 15 is 0 Å². The summed E-state index contributed by atoms with van der Waals surface area (Å²) in [5.74, 6) is 0.544. The Morgan fingerprint density at radius 3 is 2.71 bits per heavy atom. The van der Waals surface area contributed by atoms with Gasteiger partial charge in [-0.2, -0.15) is 0 Å². The van der Waals surface area contributed by atoms with E-state index in [9.17, 15) is 4.79 Å². The van der Waals surface area contributed by atoms with Gasteiger partial charge in [-0.3, -0.25) is 4.79 Å². The maximum atomic E-state index is 11.7. The summed E-state index contributed by atoms with van der Waals surface area (Å²) in [6.45, 7) is 2.77. The van der Waals surface area contributed by atoms with Gasteiger partial charge >= 0.3 is 0 Å². The van der Waals surface area contributed by atoms with Gasteiger partial charge in [-0.15, -0.1) is 0 Å². The minimum absolute atomic E-state index is 0.257. The van der Waals surface area contributed by atoms with Crippen LogP contribution in [0.15, 0.2) is 0 Å². The van der Waals surface area contributed by atoms with Crippen molar-refractivity contribution < 1.29 is 4.79 Å². The van der Waals surface area contributed by atoms with E-state index in [1.807, 2.05) is 0 Å². The van der Waals surface area contributed by atoms with Crippen LogP contribution in [0.5, 0.6) is 0 Å². The molecule has 3 heteroatoms. The van der Waals surface area contributed by atoms with E-state index < -0.39 is 0 Å². The SMILES string of the molecule is CC(CCCN)NC(=O)C1CCCC1. The summed E-state index contributed by atoms with van der Waals surface area (Å²) in [5, 5.41) is 3.06. The molecule has 3 N–H and O–H groups in total. The molecule has 1 unspecified atom stereocenters. The first-order valence-electron chi connectivity index (χ1n) is 5.74. The van der Waals surface area contributed by atoms with Crippen LogP contribution in [-0.4, -0.2) is 18.5 Å². The van der Waals surface area contributed by atoms with E-state index in [1.165, 1.54) is 12.8 Å². The summed E-state index contributed by atoms with van der Waals surface area (Å²) in [6, 6.07) is 0.284. The van der Waals surface area contributed by atoms with Gasteiger partial charge in [0.15, 0.2) is 0 Å². The lowest BCUT2D eigenvalue weighted by molar-refractivity contribution is -0.125. The molecule has 0 heterocycles. The molecule has 1 aliphatic carbocycles. The topological polar surface area (TPSA) is 55.1 Å². The second-order valence-corrected chi connectivity index (χ2v) is 4.32. The van der Waals surface area contributed by atoms with Crippen LogP contribution in [0.4, 0.5) is 0 Å². The van der Waals surface area contributed by atoms with Crippen molar-refractivity contribution in [3.8, 4) is 0 Å². The fourth-order valence-electron chi connectivity index (χ4n) is 2.04. The molecule has 1 atom stereocenters. The molecule has 1 rings (SSSR count). The van der Waals surface area contributed by atoms with Crippen molar-refractivity contribution >= 4 is 5.91 Å². The van der Waals surface area contributed by atoms with E-state index in [1.54, 1.807) is 0 Å². The van der Waals surface area contributed by atoms with E-state index in [-0.39, 0.29) is 17.9 Å². The monoisotopic (exact) mass is 198 g/mol. The van der Waals surface area contributed by atoms with Crippen molar-refractivity contribution in [1.29, 1.82) is 0 Å². The Hall–Kier alpha value is -0.570. The van der Waals surface area contributed by atoms with Crippen LogP contribution in [0.3, 0.4) is 0 Å². The Balaban J connectivity index is 2.18. The first-order chi connectivity index (χ1) is 6.74. The van der Waals surface area contributed by atoms with Crippen LogP contribution in [0.25, 0.3) is 0 Å². The average molecular weight is 198 g/mol. The van der Waals surface area contributed by atoms with E-state index in [0.29, 0.717) is 6.54 Å². The maximum absolute atomic E-state index is 11.7. The predicted octanol–water partition coefficient (Wildman–Crippen LogP) is 1.42. The molecular weight excluding hydrogens is 176 g/mol. The second kappa shape index (κ2) is 6.02. The highest BCUT2D eigenvalue weighted by molar-refractivity contribution is 5.79. The fraction of sp³-hybridized carbons (Fsp3) is 0.909. The first-order valence-corrected chi connectivity index (χ1v) is 5.74. The quantitative estimate of drug-likeness (QED) is 0.702. The van der Waals surface area contributed by atoms with Crippen LogP contribution < -0.4 is 11.1 Å². The third-order valence-corrected chi connectivity index (χ3v) is 2.96. The van der Waals surface area contributed by atoms with Gasteiger partial charge in [0.1, 0.15) is 0 Å². The zero-order valence-electron chi connectivity index (χ0n) is 9.09. The molecule has 0 spiro atoms. The Morgan fingerprint density at radius 1 is 1.50 bits per heavy atom. The molecule has 1 saturated carbocycles. The van der Waals surface area contributed by atoms with Gasteiger partial charge in [-0.25, -0.2) is 0 Å². The summed E-state index contributed by atoms with van der Waals surface area (Å²) in [4.78, 5) is 11.7. The summed E-state index contributed by atoms with van der Waals surface area (Å²) in [6.07, 6.45) is 6.58. The van der Waals surface area contributed by atoms with Crippen molar-refractivity contribution in [3.05, 3.63) is 0 Å². The van der Waals surface area contributed by atoms with Crippen molar-refractivity contribution in [3.63, 3.8) is 0 Å². The smallest absolute Gasteiger partial charge is 0.223 e. The zero-order chi connectivity index (χ0) is 10.4. The van der Waals surface area contributed by atoms with Crippen molar-refractivity contribution in [2.45, 2.75) is 51.5 Å². The van der Waals surface area contributed by atoms with E-state index in [4.69, 9.17) is 5.73 Å². The second-order valence-electron chi connectivity index (χ2n) is 4.32. The number of carbonyl (C=O) groups excluding carboxylic acids is 1. The van der Waals surface area contributed by atoms with Gasteiger partial charge < -0.3 is 11.1 Å². The number of nitrogens with one attached hydrogen (secondary N) is 1. The van der Waals surface area contributed by atoms with Gasteiger partial charge in [-0.1, -0.05) is 12.8 Å². The molecule has 1 aliphatic rings. The summed E-state index contributed by atoms with van der Waals surface area (Å²) >= 11 is 0. The summed E-state index contributed by atoms with van der Waals surface area (Å²) in [5.41, 5.74) is 5.42. The number of hydrogen-bond acceptors (Lipinski definition) is 2. The molecule has 82 valence electrons. The van der Waals surface area contributed by atoms with Crippen LogP contribution >= 0.6 is 0 Å². The zero-order valence-corrected chi connectivity index (χ0v) is 9.09. The molecule has 3 nitrogen and oxygen atoms in total. The van der Waals surface area contributed by atoms with Gasteiger partial charge in [0.05, 0.1) is 0 Å². The van der Waals surface area contributed by atoms with E-state index in [2.05, 4.69) is 12.2 Å². The molecule has 0 bridgehead atoms. The highest BCUT2D eigenvalue weighted by Gasteiger charge is 2.23. The third-order valence-electron chi connectivity index (χ3n) is 2.96.